The van der Waals surface area contributed by atoms with Crippen LogP contribution in [0.15, 0.2) is 18.2 Å². The summed E-state index contributed by atoms with van der Waals surface area (Å²) < 4.78 is 15.5. The van der Waals surface area contributed by atoms with E-state index in [9.17, 15) is 9.50 Å². The molecular weight excluding hydrogens is 347 g/mol. The summed E-state index contributed by atoms with van der Waals surface area (Å²) in [6, 6.07) is 4.03. The highest BCUT2D eigenvalue weighted by molar-refractivity contribution is 5.86. The first-order valence-electron chi connectivity index (χ1n) is 9.18. The van der Waals surface area contributed by atoms with Crippen molar-refractivity contribution in [1.29, 1.82) is 0 Å². The number of aromatic hydroxyl groups is 1. The molecule has 146 valence electrons. The lowest BCUT2D eigenvalue weighted by Gasteiger charge is -2.24. The van der Waals surface area contributed by atoms with Gasteiger partial charge in [-0.05, 0) is 64.1 Å². The molecule has 0 atom stereocenters. The summed E-state index contributed by atoms with van der Waals surface area (Å²) in [7, 11) is 0. The SMILES string of the molecule is CC(C)Nc1nn(C2CCNCC2)c(/C=C(\N)c2cc(F)ccc2O)c1N. The number of aromatic nitrogens is 2. The molecule has 0 spiro atoms. The number of nitrogen functional groups attached to an aromatic ring is 1. The Labute approximate surface area is 158 Å². The van der Waals surface area contributed by atoms with Gasteiger partial charge in [-0.3, -0.25) is 4.68 Å². The molecule has 0 aliphatic carbocycles. The lowest BCUT2D eigenvalue weighted by Crippen LogP contribution is -2.30. The molecule has 3 rings (SSSR count). The van der Waals surface area contributed by atoms with E-state index in [-0.39, 0.29) is 29.1 Å². The molecule has 7 N–H and O–H groups in total. The van der Waals surface area contributed by atoms with Gasteiger partial charge in [0.05, 0.1) is 11.7 Å². The van der Waals surface area contributed by atoms with E-state index >= 15 is 0 Å². The fraction of sp³-hybridized carbons (Fsp3) is 0.421. The van der Waals surface area contributed by atoms with Crippen molar-refractivity contribution in [3.63, 3.8) is 0 Å². The number of phenols is 1. The molecule has 0 saturated carbocycles. The van der Waals surface area contributed by atoms with Crippen LogP contribution >= 0.6 is 0 Å². The Kier molecular flexibility index (Phi) is 5.55. The van der Waals surface area contributed by atoms with E-state index < -0.39 is 5.82 Å². The number of nitrogens with zero attached hydrogens (tertiary/aromatic N) is 2. The van der Waals surface area contributed by atoms with E-state index in [1.165, 1.54) is 18.2 Å². The van der Waals surface area contributed by atoms with Gasteiger partial charge in [-0.15, -0.1) is 0 Å². The maximum Gasteiger partial charge on any atom is 0.172 e. The Morgan fingerprint density at radius 2 is 2.11 bits per heavy atom. The van der Waals surface area contributed by atoms with Gasteiger partial charge in [-0.25, -0.2) is 4.39 Å². The summed E-state index contributed by atoms with van der Waals surface area (Å²) in [6.45, 7) is 5.83. The van der Waals surface area contributed by atoms with Crippen LogP contribution < -0.4 is 22.1 Å². The summed E-state index contributed by atoms with van der Waals surface area (Å²) >= 11 is 0. The molecule has 0 unspecified atom stereocenters. The van der Waals surface area contributed by atoms with Crippen LogP contribution in [0.25, 0.3) is 11.8 Å². The predicted octanol–water partition coefficient (Wildman–Crippen LogP) is 2.51. The van der Waals surface area contributed by atoms with Crippen LogP contribution in [-0.4, -0.2) is 34.0 Å². The number of nitrogens with two attached hydrogens (primary N) is 2. The Hall–Kier alpha value is -2.74. The number of nitrogens with one attached hydrogen (secondary N) is 2. The molecule has 2 aromatic rings. The van der Waals surface area contributed by atoms with Crippen LogP contribution in [0.1, 0.15) is 44.0 Å². The van der Waals surface area contributed by atoms with E-state index in [2.05, 4.69) is 15.7 Å². The highest BCUT2D eigenvalue weighted by atomic mass is 19.1. The second-order valence-corrected chi connectivity index (χ2v) is 7.13. The first-order chi connectivity index (χ1) is 12.9. The third-order valence-electron chi connectivity index (χ3n) is 4.63. The standard InChI is InChI=1S/C19H27FN6O/c1-11(2)24-19-18(22)16(26(25-19)13-5-7-23-8-6-13)10-15(21)14-9-12(20)3-4-17(14)27/h3-4,9-11,13,23,27H,5-8,21-22H2,1-2H3,(H,24,25)/b15-10-. The van der Waals surface area contributed by atoms with Crippen molar-refractivity contribution in [2.45, 2.75) is 38.8 Å². The molecule has 8 heteroatoms. The zero-order valence-electron chi connectivity index (χ0n) is 15.7. The quantitative estimate of drug-likeness (QED) is 0.549. The molecule has 1 fully saturated rings. The number of phenolic OH excluding ortho intramolecular Hbond substituents is 1. The fourth-order valence-electron chi connectivity index (χ4n) is 3.28. The van der Waals surface area contributed by atoms with Crippen molar-refractivity contribution >= 4 is 23.3 Å². The van der Waals surface area contributed by atoms with Gasteiger partial charge >= 0.3 is 0 Å². The van der Waals surface area contributed by atoms with Crippen LogP contribution in [0.3, 0.4) is 0 Å². The zero-order chi connectivity index (χ0) is 19.6. The van der Waals surface area contributed by atoms with E-state index in [4.69, 9.17) is 11.5 Å². The Balaban J connectivity index is 2.06. The topological polar surface area (TPSA) is 114 Å². The normalized spacial score (nSPS) is 16.1. The van der Waals surface area contributed by atoms with E-state index in [1.807, 2.05) is 18.5 Å². The average molecular weight is 374 g/mol. The van der Waals surface area contributed by atoms with Crippen LogP contribution in [0.2, 0.25) is 0 Å². The highest BCUT2D eigenvalue weighted by Crippen LogP contribution is 2.32. The number of hydrogen-bond donors (Lipinski definition) is 5. The van der Waals surface area contributed by atoms with Gasteiger partial charge in [0.1, 0.15) is 17.3 Å². The Morgan fingerprint density at radius 1 is 1.41 bits per heavy atom. The zero-order valence-corrected chi connectivity index (χ0v) is 15.7. The third kappa shape index (κ3) is 4.16. The summed E-state index contributed by atoms with van der Waals surface area (Å²) in [5.74, 6) is 0.0457. The van der Waals surface area contributed by atoms with Crippen molar-refractivity contribution in [1.82, 2.24) is 15.1 Å². The molecule has 0 amide bonds. The van der Waals surface area contributed by atoms with Gasteiger partial charge in [-0.1, -0.05) is 0 Å². The molecule has 1 aliphatic heterocycles. The van der Waals surface area contributed by atoms with Gasteiger partial charge in [-0.2, -0.15) is 5.10 Å². The van der Waals surface area contributed by atoms with Crippen LogP contribution in [0.5, 0.6) is 5.75 Å². The first-order valence-corrected chi connectivity index (χ1v) is 9.18. The fourth-order valence-corrected chi connectivity index (χ4v) is 3.28. The lowest BCUT2D eigenvalue weighted by molar-refractivity contribution is 0.342. The monoisotopic (exact) mass is 374 g/mol. The number of halogens is 1. The molecule has 1 aromatic carbocycles. The molecule has 0 radical (unpaired) electrons. The second-order valence-electron chi connectivity index (χ2n) is 7.13. The van der Waals surface area contributed by atoms with Crippen LogP contribution in [0, 0.1) is 5.82 Å². The number of benzene rings is 1. The van der Waals surface area contributed by atoms with Crippen molar-refractivity contribution in [2.75, 3.05) is 24.1 Å². The van der Waals surface area contributed by atoms with Gasteiger partial charge in [0.15, 0.2) is 5.82 Å². The van der Waals surface area contributed by atoms with E-state index in [1.54, 1.807) is 6.08 Å². The summed E-state index contributed by atoms with van der Waals surface area (Å²) in [5, 5.41) is 21.3. The van der Waals surface area contributed by atoms with Gasteiger partial charge in [0.25, 0.3) is 0 Å². The number of piperidine rings is 1. The van der Waals surface area contributed by atoms with Gasteiger partial charge < -0.3 is 27.2 Å². The Morgan fingerprint density at radius 3 is 2.78 bits per heavy atom. The minimum absolute atomic E-state index is 0.0859. The lowest BCUT2D eigenvalue weighted by atomic mass is 10.1. The molecular formula is C19H27FN6O. The van der Waals surface area contributed by atoms with E-state index in [0.717, 1.165) is 25.9 Å². The largest absolute Gasteiger partial charge is 0.507 e. The van der Waals surface area contributed by atoms with Crippen molar-refractivity contribution < 1.29 is 9.50 Å². The van der Waals surface area contributed by atoms with Crippen molar-refractivity contribution in [3.05, 3.63) is 35.3 Å². The molecule has 2 heterocycles. The minimum atomic E-state index is -0.471. The van der Waals surface area contributed by atoms with Gasteiger partial charge in [0, 0.05) is 17.3 Å². The van der Waals surface area contributed by atoms with E-state index in [0.29, 0.717) is 17.2 Å². The maximum absolute atomic E-state index is 13.6. The van der Waals surface area contributed by atoms with Crippen LogP contribution in [0.4, 0.5) is 15.9 Å². The number of hydrogen-bond acceptors (Lipinski definition) is 6. The smallest absolute Gasteiger partial charge is 0.172 e. The predicted molar refractivity (Wildman–Crippen MR) is 107 cm³/mol. The molecule has 1 aromatic heterocycles. The molecule has 27 heavy (non-hydrogen) atoms. The second kappa shape index (κ2) is 7.87. The van der Waals surface area contributed by atoms with Crippen LogP contribution in [-0.2, 0) is 0 Å². The number of anilines is 2. The Bertz CT molecular complexity index is 839. The third-order valence-corrected chi connectivity index (χ3v) is 4.63. The average Bonchev–Trinajstić information content (AvgIpc) is 2.93. The molecule has 7 nitrogen and oxygen atoms in total. The molecule has 1 aliphatic rings. The molecule has 0 bridgehead atoms. The van der Waals surface area contributed by atoms with Gasteiger partial charge in [0.2, 0.25) is 0 Å². The maximum atomic E-state index is 13.6. The van der Waals surface area contributed by atoms with Crippen molar-refractivity contribution in [3.8, 4) is 5.75 Å². The summed E-state index contributed by atoms with van der Waals surface area (Å²) in [6.07, 6.45) is 3.51. The molecule has 1 saturated heterocycles. The summed E-state index contributed by atoms with van der Waals surface area (Å²) in [4.78, 5) is 0. The highest BCUT2D eigenvalue weighted by Gasteiger charge is 2.23. The first kappa shape index (κ1) is 19.0. The summed E-state index contributed by atoms with van der Waals surface area (Å²) in [5.41, 5.74) is 14.1. The number of rotatable bonds is 5. The van der Waals surface area contributed by atoms with Crippen molar-refractivity contribution in [2.24, 2.45) is 5.73 Å². The minimum Gasteiger partial charge on any atom is -0.507 e.